The van der Waals surface area contributed by atoms with E-state index in [1.807, 2.05) is 26.8 Å². The van der Waals surface area contributed by atoms with Crippen LogP contribution in [-0.2, 0) is 52.6 Å². The van der Waals surface area contributed by atoms with Crippen molar-refractivity contribution in [2.45, 2.75) is 199 Å². The van der Waals surface area contributed by atoms with Crippen molar-refractivity contribution >= 4 is 22.3 Å². The monoisotopic (exact) mass is 888 g/mol. The van der Waals surface area contributed by atoms with Crippen molar-refractivity contribution < 1.29 is 80.7 Å². The summed E-state index contributed by atoms with van der Waals surface area (Å²) in [5.41, 5.74) is -2.92. The molecule has 1 spiro atoms. The fraction of sp³-hybridized carbons (Fsp3) is 0.907. The summed E-state index contributed by atoms with van der Waals surface area (Å²) >= 11 is 0. The summed E-state index contributed by atoms with van der Waals surface area (Å²) in [5.74, 6) is -0.848. The Morgan fingerprint density at radius 2 is 1.59 bits per heavy atom. The Bertz CT molecular complexity index is 1840. The van der Waals surface area contributed by atoms with E-state index in [0.29, 0.717) is 32.1 Å². The van der Waals surface area contributed by atoms with Crippen LogP contribution in [0.25, 0.3) is 0 Å². The highest BCUT2D eigenvalue weighted by Crippen LogP contribution is 2.76. The third-order valence-electron chi connectivity index (χ3n) is 16.5. The quantitative estimate of drug-likeness (QED) is 0.0755. The standard InChI is InChI=1S/C43H68O17S/c1-21-30(46)32(48)33(49)35(55-21)57-34-31(47)25(60-61(51,52)53)20-54-36(34)56-29-14-17-40(7)24-19-28(45)43-27(13-18-41(43,8)23(24)11-12-26(40)39(29,5)6)42(9,59-37(43)50)16-10-15-38(3,4)58-22(2)44/h19,21,23,25-36,45-49H,10-18,20H2,1-9H3,(H,51,52,53). The maximum atomic E-state index is 14.4. The number of rotatable bonds is 11. The number of esters is 2. The van der Waals surface area contributed by atoms with E-state index in [9.17, 15) is 48.1 Å². The maximum absolute atomic E-state index is 14.4. The predicted octanol–water partition coefficient (Wildman–Crippen LogP) is 2.87. The molecular weight excluding hydrogens is 821 g/mol. The van der Waals surface area contributed by atoms with Crippen molar-refractivity contribution in [3.63, 3.8) is 0 Å². The molecule has 7 rings (SSSR count). The van der Waals surface area contributed by atoms with Crippen molar-refractivity contribution in [3.05, 3.63) is 11.6 Å². The van der Waals surface area contributed by atoms with Crippen molar-refractivity contribution in [1.82, 2.24) is 0 Å². The highest BCUT2D eigenvalue weighted by molar-refractivity contribution is 7.80. The minimum Gasteiger partial charge on any atom is -0.460 e. The lowest BCUT2D eigenvalue weighted by molar-refractivity contribution is -0.362. The molecule has 7 aliphatic rings. The fourth-order valence-electron chi connectivity index (χ4n) is 13.6. The molecule has 61 heavy (non-hydrogen) atoms. The van der Waals surface area contributed by atoms with Crippen LogP contribution in [0.4, 0.5) is 0 Å². The number of carbonyl (C=O) groups is 2. The van der Waals surface area contributed by atoms with Crippen LogP contribution < -0.4 is 0 Å². The molecule has 17 nitrogen and oxygen atoms in total. The Labute approximate surface area is 358 Å². The molecule has 0 aromatic heterocycles. The van der Waals surface area contributed by atoms with E-state index in [0.717, 1.165) is 31.3 Å². The molecule has 18 unspecified atom stereocenters. The molecule has 18 heteroatoms. The van der Waals surface area contributed by atoms with Gasteiger partial charge in [0.25, 0.3) is 0 Å². The average molecular weight is 889 g/mol. The molecule has 4 aliphatic carbocycles. The minimum absolute atomic E-state index is 0.0146. The summed E-state index contributed by atoms with van der Waals surface area (Å²) in [5, 5.41) is 55.3. The zero-order valence-electron chi connectivity index (χ0n) is 36.8. The fourth-order valence-corrected chi connectivity index (χ4v) is 14.1. The Hall–Kier alpha value is -1.81. The van der Waals surface area contributed by atoms with Gasteiger partial charge in [-0.15, -0.1) is 0 Å². The SMILES string of the molecule is CC(=O)OC(C)(C)CCCC1(C)OC(=O)C23C(O)C=C4C(CCC5C4(C)CCC(OC4OCC(OS(=O)(=O)O)C(O)C4OC4OC(C)C(O)C(O)C4O)C5(C)C)C2(C)CCC13. The lowest BCUT2D eigenvalue weighted by Gasteiger charge is -2.64. The molecular formula is C43H68O17S. The van der Waals surface area contributed by atoms with E-state index in [1.165, 1.54) is 13.8 Å². The molecule has 6 N–H and O–H groups in total. The molecule has 3 aliphatic heterocycles. The molecule has 0 radical (unpaired) electrons. The van der Waals surface area contributed by atoms with Crippen LogP contribution in [-0.4, -0.2) is 136 Å². The summed E-state index contributed by atoms with van der Waals surface area (Å²) in [6.07, 6.45) is -7.29. The molecule has 6 fully saturated rings. The van der Waals surface area contributed by atoms with Crippen LogP contribution in [0.5, 0.6) is 0 Å². The summed E-state index contributed by atoms with van der Waals surface area (Å²) in [7, 11) is -5.03. The summed E-state index contributed by atoms with van der Waals surface area (Å²) in [4.78, 5) is 26.1. The van der Waals surface area contributed by atoms with E-state index >= 15 is 0 Å². The van der Waals surface area contributed by atoms with Crippen molar-refractivity contribution in [2.24, 2.45) is 39.4 Å². The molecule has 0 bridgehead atoms. The van der Waals surface area contributed by atoms with Gasteiger partial charge in [-0.3, -0.25) is 14.1 Å². The van der Waals surface area contributed by atoms with Crippen LogP contribution in [0.3, 0.4) is 0 Å². The van der Waals surface area contributed by atoms with E-state index in [-0.39, 0.29) is 29.7 Å². The molecule has 0 aromatic carbocycles. The van der Waals surface area contributed by atoms with Crippen LogP contribution in [0.1, 0.15) is 120 Å². The van der Waals surface area contributed by atoms with Gasteiger partial charge >= 0.3 is 22.3 Å². The Balaban J connectivity index is 1.12. The van der Waals surface area contributed by atoms with E-state index in [4.69, 9.17) is 32.6 Å². The molecule has 3 saturated heterocycles. The first-order chi connectivity index (χ1) is 28.1. The predicted molar refractivity (Wildman–Crippen MR) is 213 cm³/mol. The third kappa shape index (κ3) is 7.73. The number of allylic oxidation sites excluding steroid dienone is 1. The number of carbonyl (C=O) groups excluding carboxylic acids is 2. The van der Waals surface area contributed by atoms with Crippen molar-refractivity contribution in [3.8, 4) is 0 Å². The third-order valence-corrected chi connectivity index (χ3v) is 17.0. The summed E-state index contributed by atoms with van der Waals surface area (Å²) in [6.45, 7) is 16.7. The van der Waals surface area contributed by atoms with Crippen LogP contribution in [0, 0.1) is 39.4 Å². The van der Waals surface area contributed by atoms with Crippen LogP contribution in [0.2, 0.25) is 0 Å². The number of hydrogen-bond acceptors (Lipinski definition) is 16. The van der Waals surface area contributed by atoms with Gasteiger partial charge in [0.2, 0.25) is 0 Å². The topological polar surface area (TPSA) is 254 Å². The number of cyclic esters (lactones) is 1. The highest BCUT2D eigenvalue weighted by atomic mass is 32.3. The first-order valence-corrected chi connectivity index (χ1v) is 23.3. The van der Waals surface area contributed by atoms with E-state index in [2.05, 4.69) is 27.7 Å². The Morgan fingerprint density at radius 1 is 0.902 bits per heavy atom. The normalized spacial score (nSPS) is 48.2. The van der Waals surface area contributed by atoms with Gasteiger partial charge in [-0.2, -0.15) is 8.42 Å². The maximum Gasteiger partial charge on any atom is 0.397 e. The number of aliphatic hydroxyl groups is 5. The zero-order chi connectivity index (χ0) is 45.0. The number of fused-ring (bicyclic) bond motifs is 4. The van der Waals surface area contributed by atoms with E-state index in [1.54, 1.807) is 0 Å². The molecule has 3 heterocycles. The van der Waals surface area contributed by atoms with Crippen LogP contribution in [0.15, 0.2) is 11.6 Å². The van der Waals surface area contributed by atoms with Crippen LogP contribution >= 0.6 is 0 Å². The molecule has 0 amide bonds. The highest BCUT2D eigenvalue weighted by Gasteiger charge is 2.79. The van der Waals surface area contributed by atoms with Crippen molar-refractivity contribution in [1.29, 1.82) is 0 Å². The van der Waals surface area contributed by atoms with Crippen molar-refractivity contribution in [2.75, 3.05) is 6.61 Å². The van der Waals surface area contributed by atoms with Gasteiger partial charge < -0.3 is 54.0 Å². The molecule has 3 saturated carbocycles. The number of hydrogen-bond donors (Lipinski definition) is 6. The summed E-state index contributed by atoms with van der Waals surface area (Å²) in [6, 6.07) is 0. The Kier molecular flexibility index (Phi) is 12.3. The molecule has 18 atom stereocenters. The lowest BCUT2D eigenvalue weighted by atomic mass is 9.40. The first kappa shape index (κ1) is 47.2. The summed E-state index contributed by atoms with van der Waals surface area (Å²) < 4.78 is 73.6. The minimum atomic E-state index is -5.03. The van der Waals surface area contributed by atoms with Gasteiger partial charge in [-0.05, 0) is 114 Å². The lowest BCUT2D eigenvalue weighted by Crippen LogP contribution is -2.64. The van der Waals surface area contributed by atoms with Gasteiger partial charge in [-0.1, -0.05) is 39.3 Å². The first-order valence-electron chi connectivity index (χ1n) is 21.9. The second-order valence-corrected chi connectivity index (χ2v) is 22.0. The molecule has 0 aromatic rings. The molecule has 348 valence electrons. The van der Waals surface area contributed by atoms with E-state index < -0.39 is 117 Å². The van der Waals surface area contributed by atoms with Gasteiger partial charge in [0.1, 0.15) is 53.2 Å². The largest absolute Gasteiger partial charge is 0.460 e. The Morgan fingerprint density at radius 3 is 2.25 bits per heavy atom. The second-order valence-electron chi connectivity index (χ2n) is 21.0. The van der Waals surface area contributed by atoms with Gasteiger partial charge in [0.15, 0.2) is 12.6 Å². The van der Waals surface area contributed by atoms with Gasteiger partial charge in [0.05, 0.1) is 24.9 Å². The average Bonchev–Trinajstić information content (AvgIpc) is 3.60. The number of aliphatic hydroxyl groups excluding tert-OH is 5. The smallest absolute Gasteiger partial charge is 0.397 e. The zero-order valence-corrected chi connectivity index (χ0v) is 37.6. The number of ether oxygens (including phenoxy) is 6. The van der Waals surface area contributed by atoms with Gasteiger partial charge in [-0.25, -0.2) is 4.18 Å². The second kappa shape index (κ2) is 16.0. The van der Waals surface area contributed by atoms with Gasteiger partial charge in [0, 0.05) is 12.8 Å².